The molecule has 0 saturated carbocycles. The fourth-order valence-electron chi connectivity index (χ4n) is 3.11. The number of hydrogen-bond acceptors (Lipinski definition) is 0. The van der Waals surface area contributed by atoms with Crippen LogP contribution in [0.25, 0.3) is 0 Å². The molecular formula is C21H26Br2. The van der Waals surface area contributed by atoms with E-state index in [2.05, 4.69) is 83.8 Å². The molecule has 0 aliphatic heterocycles. The van der Waals surface area contributed by atoms with Gasteiger partial charge in [-0.2, -0.15) is 0 Å². The molecule has 0 N–H and O–H groups in total. The minimum Gasteiger partial charge on any atom is -0.0613 e. The molecule has 0 bridgehead atoms. The van der Waals surface area contributed by atoms with Gasteiger partial charge in [0.25, 0.3) is 0 Å². The smallest absolute Gasteiger partial charge is 0.0239 e. The van der Waals surface area contributed by atoms with Crippen LogP contribution >= 0.6 is 31.9 Å². The van der Waals surface area contributed by atoms with Crippen LogP contribution in [0.1, 0.15) is 61.1 Å². The van der Waals surface area contributed by atoms with E-state index in [0.717, 1.165) is 32.1 Å². The first kappa shape index (κ1) is 18.7. The van der Waals surface area contributed by atoms with Crippen LogP contribution < -0.4 is 0 Å². The predicted molar refractivity (Wildman–Crippen MR) is 109 cm³/mol. The molecule has 2 heteroatoms. The van der Waals surface area contributed by atoms with E-state index in [-0.39, 0.29) is 0 Å². The van der Waals surface area contributed by atoms with Crippen molar-refractivity contribution in [2.45, 2.75) is 59.8 Å². The molecule has 0 nitrogen and oxygen atoms in total. The first-order chi connectivity index (χ1) is 11.0. The summed E-state index contributed by atoms with van der Waals surface area (Å²) in [7, 11) is 0. The highest BCUT2D eigenvalue weighted by atomic mass is 79.9. The first-order valence-electron chi connectivity index (χ1n) is 8.64. The minimum atomic E-state index is 1.01. The number of hydrogen-bond donors (Lipinski definition) is 0. The average Bonchev–Trinajstić information content (AvgIpc) is 2.57. The summed E-state index contributed by atoms with van der Waals surface area (Å²) >= 11 is 7.54. The number of rotatable bonds is 6. The Morgan fingerprint density at radius 3 is 1.04 bits per heavy atom. The number of aryl methyl sites for hydroxylation is 4. The van der Waals surface area contributed by atoms with Crippen molar-refractivity contribution in [1.82, 2.24) is 0 Å². The van der Waals surface area contributed by atoms with Crippen LogP contribution in [0, 0.1) is 0 Å². The van der Waals surface area contributed by atoms with Crippen LogP contribution in [0.15, 0.2) is 33.2 Å². The fourth-order valence-corrected chi connectivity index (χ4v) is 4.69. The van der Waals surface area contributed by atoms with Crippen LogP contribution in [0.2, 0.25) is 0 Å². The van der Waals surface area contributed by atoms with E-state index < -0.39 is 0 Å². The van der Waals surface area contributed by atoms with Crippen molar-refractivity contribution in [2.75, 3.05) is 0 Å². The van der Waals surface area contributed by atoms with E-state index >= 15 is 0 Å². The van der Waals surface area contributed by atoms with Crippen molar-refractivity contribution in [3.63, 3.8) is 0 Å². The Bertz CT molecular complexity index is 577. The van der Waals surface area contributed by atoms with Crippen LogP contribution in [0.5, 0.6) is 0 Å². The zero-order valence-electron chi connectivity index (χ0n) is 14.6. The van der Waals surface area contributed by atoms with E-state index in [9.17, 15) is 0 Å². The maximum atomic E-state index is 3.77. The highest BCUT2D eigenvalue weighted by Gasteiger charge is 2.10. The molecule has 2 aromatic rings. The lowest BCUT2D eigenvalue weighted by Gasteiger charge is -2.14. The van der Waals surface area contributed by atoms with Crippen molar-refractivity contribution >= 4 is 31.9 Å². The summed E-state index contributed by atoms with van der Waals surface area (Å²) in [6.07, 6.45) is 5.30. The molecule has 0 amide bonds. The lowest BCUT2D eigenvalue weighted by atomic mass is 9.95. The van der Waals surface area contributed by atoms with Gasteiger partial charge in [-0.3, -0.25) is 0 Å². The van der Waals surface area contributed by atoms with Gasteiger partial charge in [0.05, 0.1) is 0 Å². The van der Waals surface area contributed by atoms with Gasteiger partial charge in [0.15, 0.2) is 0 Å². The standard InChI is InChI=1S/C21H26Br2/c1-5-16-10-14(11-17(6-2)20(16)22)9-15-12-18(7-3)21(23)19(8-4)13-15/h10-13H,5-9H2,1-4H3. The highest BCUT2D eigenvalue weighted by molar-refractivity contribution is 9.10. The summed E-state index contributed by atoms with van der Waals surface area (Å²) in [5.74, 6) is 0. The lowest BCUT2D eigenvalue weighted by molar-refractivity contribution is 1.02. The third-order valence-electron chi connectivity index (χ3n) is 4.50. The average molecular weight is 438 g/mol. The van der Waals surface area contributed by atoms with Gasteiger partial charge in [-0.25, -0.2) is 0 Å². The van der Waals surface area contributed by atoms with Crippen molar-refractivity contribution in [3.05, 3.63) is 66.6 Å². The molecule has 0 radical (unpaired) electrons. The van der Waals surface area contributed by atoms with Gasteiger partial charge in [-0.15, -0.1) is 0 Å². The van der Waals surface area contributed by atoms with Crippen molar-refractivity contribution < 1.29 is 0 Å². The molecule has 23 heavy (non-hydrogen) atoms. The molecule has 0 fully saturated rings. The largest absolute Gasteiger partial charge is 0.0613 e. The third-order valence-corrected chi connectivity index (χ3v) is 6.54. The predicted octanol–water partition coefficient (Wildman–Crippen LogP) is 7.05. The molecule has 124 valence electrons. The molecule has 0 heterocycles. The zero-order valence-corrected chi connectivity index (χ0v) is 17.8. The van der Waals surface area contributed by atoms with Crippen LogP contribution in [0.4, 0.5) is 0 Å². The monoisotopic (exact) mass is 436 g/mol. The van der Waals surface area contributed by atoms with Gasteiger partial charge in [0, 0.05) is 8.95 Å². The second-order valence-electron chi connectivity index (χ2n) is 6.05. The second-order valence-corrected chi connectivity index (χ2v) is 7.63. The van der Waals surface area contributed by atoms with Gasteiger partial charge < -0.3 is 0 Å². The molecular weight excluding hydrogens is 412 g/mol. The minimum absolute atomic E-state index is 1.01. The highest BCUT2D eigenvalue weighted by Crippen LogP contribution is 2.29. The summed E-state index contributed by atoms with van der Waals surface area (Å²) in [6, 6.07) is 9.45. The number of halogens is 2. The van der Waals surface area contributed by atoms with Crippen LogP contribution in [0.3, 0.4) is 0 Å². The Morgan fingerprint density at radius 1 is 0.565 bits per heavy atom. The summed E-state index contributed by atoms with van der Waals surface area (Å²) in [5, 5.41) is 0. The van der Waals surface area contributed by atoms with E-state index in [4.69, 9.17) is 0 Å². The summed E-state index contributed by atoms with van der Waals surface area (Å²) in [4.78, 5) is 0. The molecule has 0 aromatic heterocycles. The summed E-state index contributed by atoms with van der Waals surface area (Å²) in [6.45, 7) is 8.92. The van der Waals surface area contributed by atoms with E-state index in [1.807, 2.05) is 0 Å². The summed E-state index contributed by atoms with van der Waals surface area (Å²) < 4.78 is 2.59. The first-order valence-corrected chi connectivity index (χ1v) is 10.2. The Kier molecular flexibility index (Phi) is 6.91. The lowest BCUT2D eigenvalue weighted by Crippen LogP contribution is -1.99. The normalized spacial score (nSPS) is 11.0. The second kappa shape index (κ2) is 8.48. The molecule has 2 rings (SSSR count). The molecule has 2 aromatic carbocycles. The van der Waals surface area contributed by atoms with Crippen molar-refractivity contribution in [1.29, 1.82) is 0 Å². The topological polar surface area (TPSA) is 0 Å². The zero-order chi connectivity index (χ0) is 17.0. The SMILES string of the molecule is CCc1cc(Cc2cc(CC)c(Br)c(CC)c2)cc(CC)c1Br. The molecule has 0 saturated heterocycles. The Morgan fingerprint density at radius 2 is 0.826 bits per heavy atom. The number of benzene rings is 2. The van der Waals surface area contributed by atoms with Gasteiger partial charge in [0.1, 0.15) is 0 Å². The van der Waals surface area contributed by atoms with Crippen molar-refractivity contribution in [2.24, 2.45) is 0 Å². The Balaban J connectivity index is 2.43. The van der Waals surface area contributed by atoms with Gasteiger partial charge in [-0.05, 0) is 65.5 Å². The Labute approximate surface area is 158 Å². The van der Waals surface area contributed by atoms with E-state index in [0.29, 0.717) is 0 Å². The molecule has 0 aliphatic rings. The van der Waals surface area contributed by atoms with Crippen molar-refractivity contribution in [3.8, 4) is 0 Å². The molecule has 0 atom stereocenters. The van der Waals surface area contributed by atoms with Crippen LogP contribution in [-0.2, 0) is 32.1 Å². The summed E-state index contributed by atoms with van der Waals surface area (Å²) in [5.41, 5.74) is 8.53. The molecule has 0 spiro atoms. The fraction of sp³-hybridized carbons (Fsp3) is 0.429. The van der Waals surface area contributed by atoms with E-state index in [1.165, 1.54) is 42.3 Å². The maximum Gasteiger partial charge on any atom is 0.0239 e. The van der Waals surface area contributed by atoms with E-state index in [1.54, 1.807) is 0 Å². The van der Waals surface area contributed by atoms with Gasteiger partial charge in [-0.1, -0.05) is 83.8 Å². The van der Waals surface area contributed by atoms with Gasteiger partial charge >= 0.3 is 0 Å². The van der Waals surface area contributed by atoms with Crippen LogP contribution in [-0.4, -0.2) is 0 Å². The quantitative estimate of drug-likeness (QED) is 0.453. The Hall–Kier alpha value is -0.600. The van der Waals surface area contributed by atoms with Gasteiger partial charge in [0.2, 0.25) is 0 Å². The maximum absolute atomic E-state index is 3.77. The molecule has 0 unspecified atom stereocenters. The third kappa shape index (κ3) is 4.28. The molecule has 0 aliphatic carbocycles.